The molecule has 188 valence electrons. The number of hydrogen-bond acceptors (Lipinski definition) is 8. The smallest absolute Gasteiger partial charge is 0.434 e. The lowest BCUT2D eigenvalue weighted by molar-refractivity contribution is -0.153. The molecule has 2 aromatic heterocycles. The quantitative estimate of drug-likeness (QED) is 0.276. The van der Waals surface area contributed by atoms with Gasteiger partial charge in [0, 0.05) is 24.5 Å². The molecule has 0 unspecified atom stereocenters. The highest BCUT2D eigenvalue weighted by molar-refractivity contribution is 9.10. The zero-order valence-electron chi connectivity index (χ0n) is 19.7. The van der Waals surface area contributed by atoms with E-state index in [9.17, 15) is 9.59 Å². The van der Waals surface area contributed by atoms with E-state index in [2.05, 4.69) is 25.9 Å². The number of aryl methyl sites for hydroxylation is 1. The molecule has 3 aromatic rings. The van der Waals surface area contributed by atoms with Crippen molar-refractivity contribution in [2.45, 2.75) is 39.2 Å². The molecule has 1 aromatic carbocycles. The van der Waals surface area contributed by atoms with Crippen LogP contribution in [-0.4, -0.2) is 45.8 Å². The second-order valence-corrected chi connectivity index (χ2v) is 8.83. The first-order valence-corrected chi connectivity index (χ1v) is 12.2. The molecule has 1 atom stereocenters. The number of halogens is 2. The maximum atomic E-state index is 15.5. The number of carbonyl (C=O) groups is 2. The number of rotatable bonds is 8. The van der Waals surface area contributed by atoms with Gasteiger partial charge in [0.15, 0.2) is 0 Å². The molecule has 9 nitrogen and oxygen atoms in total. The molecule has 0 saturated heterocycles. The van der Waals surface area contributed by atoms with Crippen LogP contribution in [0.4, 0.5) is 9.18 Å². The number of fused-ring (bicyclic) bond motifs is 3. The Balaban J connectivity index is 1.62. The molecule has 0 radical (unpaired) electrons. The Hall–Kier alpha value is -3.60. The predicted molar refractivity (Wildman–Crippen MR) is 131 cm³/mol. The largest absolute Gasteiger partial charge is 0.511 e. The third kappa shape index (κ3) is 5.46. The molecule has 0 fully saturated rings. The summed E-state index contributed by atoms with van der Waals surface area (Å²) in [4.78, 5) is 37.5. The maximum absolute atomic E-state index is 15.5. The highest BCUT2D eigenvalue weighted by Gasteiger charge is 2.30. The molecular formula is C25H24BrFN4O5. The summed E-state index contributed by atoms with van der Waals surface area (Å²) in [7, 11) is 0. The van der Waals surface area contributed by atoms with Gasteiger partial charge in [-0.25, -0.2) is 14.2 Å². The van der Waals surface area contributed by atoms with Crippen molar-refractivity contribution in [2.75, 3.05) is 13.4 Å². The van der Waals surface area contributed by atoms with Gasteiger partial charge in [0.2, 0.25) is 6.79 Å². The topological polar surface area (TPSA) is 105 Å². The number of pyridine rings is 1. The highest BCUT2D eigenvalue weighted by Crippen LogP contribution is 2.36. The first-order chi connectivity index (χ1) is 17.4. The Labute approximate surface area is 215 Å². The van der Waals surface area contributed by atoms with Gasteiger partial charge in [0.25, 0.3) is 0 Å². The molecular weight excluding hydrogens is 535 g/mol. The molecule has 36 heavy (non-hydrogen) atoms. The summed E-state index contributed by atoms with van der Waals surface area (Å²) in [6.45, 7) is 3.39. The number of aromatic nitrogens is 3. The van der Waals surface area contributed by atoms with Crippen LogP contribution in [-0.2, 0) is 19.0 Å². The van der Waals surface area contributed by atoms with Gasteiger partial charge in [-0.2, -0.15) is 0 Å². The summed E-state index contributed by atoms with van der Waals surface area (Å²) in [5, 5.41) is 0. The van der Waals surface area contributed by atoms with Crippen LogP contribution in [0.2, 0.25) is 0 Å². The van der Waals surface area contributed by atoms with Crippen molar-refractivity contribution in [1.29, 1.82) is 0 Å². The summed E-state index contributed by atoms with van der Waals surface area (Å²) < 4.78 is 32.2. The Morgan fingerprint density at radius 3 is 2.72 bits per heavy atom. The van der Waals surface area contributed by atoms with Crippen LogP contribution in [0.3, 0.4) is 0 Å². The van der Waals surface area contributed by atoms with Crippen LogP contribution < -0.4 is 0 Å². The van der Waals surface area contributed by atoms with Crippen LogP contribution in [0, 0.1) is 12.7 Å². The molecule has 11 heteroatoms. The minimum Gasteiger partial charge on any atom is -0.434 e. The summed E-state index contributed by atoms with van der Waals surface area (Å²) in [6.07, 6.45) is 3.23. The van der Waals surface area contributed by atoms with Gasteiger partial charge in [-0.3, -0.25) is 19.3 Å². The highest BCUT2D eigenvalue weighted by atomic mass is 79.9. The van der Waals surface area contributed by atoms with Crippen molar-refractivity contribution in [2.24, 2.45) is 4.99 Å². The lowest BCUT2D eigenvalue weighted by atomic mass is 10.0. The molecule has 3 heterocycles. The van der Waals surface area contributed by atoms with Gasteiger partial charge in [-0.05, 0) is 60.0 Å². The number of imidazole rings is 1. The van der Waals surface area contributed by atoms with E-state index in [1.807, 2.05) is 18.4 Å². The molecule has 1 aliphatic heterocycles. The fourth-order valence-corrected chi connectivity index (χ4v) is 4.15. The number of hydrogen-bond donors (Lipinski definition) is 0. The number of esters is 1. The first-order valence-electron chi connectivity index (χ1n) is 11.4. The van der Waals surface area contributed by atoms with Crippen LogP contribution in [0.15, 0.2) is 52.2 Å². The van der Waals surface area contributed by atoms with Crippen LogP contribution >= 0.6 is 15.9 Å². The number of aliphatic imine (C=N–C) groups is 1. The normalized spacial score (nSPS) is 14.2. The van der Waals surface area contributed by atoms with Crippen molar-refractivity contribution in [3.05, 3.63) is 75.8 Å². The molecule has 0 bridgehead atoms. The van der Waals surface area contributed by atoms with Crippen LogP contribution in [0.1, 0.15) is 55.0 Å². The van der Waals surface area contributed by atoms with E-state index >= 15 is 4.39 Å². The van der Waals surface area contributed by atoms with Crippen molar-refractivity contribution in [3.8, 4) is 5.69 Å². The van der Waals surface area contributed by atoms with Crippen molar-refractivity contribution in [3.63, 3.8) is 0 Å². The lowest BCUT2D eigenvalue weighted by Crippen LogP contribution is -2.15. The van der Waals surface area contributed by atoms with E-state index in [1.54, 1.807) is 42.7 Å². The maximum Gasteiger partial charge on any atom is 0.511 e. The summed E-state index contributed by atoms with van der Waals surface area (Å²) in [5.74, 6) is -0.491. The third-order valence-corrected chi connectivity index (χ3v) is 6.06. The molecule has 1 aliphatic rings. The Kier molecular flexibility index (Phi) is 8.09. The molecule has 0 spiro atoms. The average Bonchev–Trinajstić information content (AvgIpc) is 3.19. The summed E-state index contributed by atoms with van der Waals surface area (Å²) in [5.41, 5.74) is 2.50. The van der Waals surface area contributed by atoms with Gasteiger partial charge in [-0.15, -0.1) is 0 Å². The Bertz CT molecular complexity index is 1300. The fraction of sp³-hybridized carbons (Fsp3) is 0.320. The van der Waals surface area contributed by atoms with E-state index in [0.717, 1.165) is 5.69 Å². The van der Waals surface area contributed by atoms with E-state index < -0.39 is 30.8 Å². The lowest BCUT2D eigenvalue weighted by Gasteiger charge is -2.15. The van der Waals surface area contributed by atoms with Gasteiger partial charge in [0.05, 0.1) is 33.7 Å². The summed E-state index contributed by atoms with van der Waals surface area (Å²) >= 11 is 3.28. The van der Waals surface area contributed by atoms with E-state index in [4.69, 9.17) is 19.2 Å². The average molecular weight is 559 g/mol. The molecule has 0 saturated carbocycles. The molecule has 0 amide bonds. The van der Waals surface area contributed by atoms with E-state index in [1.165, 1.54) is 0 Å². The second kappa shape index (κ2) is 11.4. The van der Waals surface area contributed by atoms with Crippen molar-refractivity contribution in [1.82, 2.24) is 14.5 Å². The Morgan fingerprint density at radius 1 is 1.14 bits per heavy atom. The SMILES string of the molecule is CCCOC(=O)OCOC(=O)CC[C@@H]1N=C(c2ccccn2)c2c(ccc(Br)c2F)-n2c(C)cnc21. The second-order valence-electron chi connectivity index (χ2n) is 7.97. The standard InChI is InChI=1S/C25H24BrFN4O5/c1-3-12-34-25(33)36-14-35-20(32)10-8-18-24-29-13-15(2)31(24)19-9-7-16(26)22(27)21(19)23(30-18)17-6-4-5-11-28-17/h4-7,9,11,13,18H,3,8,10,12,14H2,1-2H3/t18-/m0/s1. The van der Waals surface area contributed by atoms with E-state index in [-0.39, 0.29) is 25.0 Å². The number of ether oxygens (including phenoxy) is 3. The van der Waals surface area contributed by atoms with Crippen LogP contribution in [0.25, 0.3) is 5.69 Å². The van der Waals surface area contributed by atoms with Gasteiger partial charge in [0.1, 0.15) is 17.7 Å². The Morgan fingerprint density at radius 2 is 1.97 bits per heavy atom. The third-order valence-electron chi connectivity index (χ3n) is 5.45. The van der Waals surface area contributed by atoms with Gasteiger partial charge < -0.3 is 14.2 Å². The van der Waals surface area contributed by atoms with Crippen molar-refractivity contribution >= 4 is 33.8 Å². The summed E-state index contributed by atoms with van der Waals surface area (Å²) in [6, 6.07) is 8.16. The zero-order chi connectivity index (χ0) is 25.7. The predicted octanol–water partition coefficient (Wildman–Crippen LogP) is 5.21. The number of benzene rings is 1. The molecule has 0 aliphatic carbocycles. The monoisotopic (exact) mass is 558 g/mol. The van der Waals surface area contributed by atoms with Gasteiger partial charge in [-0.1, -0.05) is 13.0 Å². The first kappa shape index (κ1) is 25.5. The molecule has 0 N–H and O–H groups in total. The minimum atomic E-state index is -0.901. The van der Waals surface area contributed by atoms with Gasteiger partial charge >= 0.3 is 12.1 Å². The fourth-order valence-electron chi connectivity index (χ4n) is 3.82. The zero-order valence-corrected chi connectivity index (χ0v) is 21.3. The minimum absolute atomic E-state index is 0.0362. The van der Waals surface area contributed by atoms with E-state index in [0.29, 0.717) is 33.8 Å². The van der Waals surface area contributed by atoms with Crippen molar-refractivity contribution < 1.29 is 28.2 Å². The number of nitrogens with zero attached hydrogens (tertiary/aromatic N) is 4. The number of carbonyl (C=O) groups excluding carboxylic acids is 2. The van der Waals surface area contributed by atoms with Crippen LogP contribution in [0.5, 0.6) is 0 Å². The molecule has 4 rings (SSSR count).